The van der Waals surface area contributed by atoms with Crippen molar-refractivity contribution in [2.24, 2.45) is 0 Å². The molecule has 0 aromatic rings. The van der Waals surface area contributed by atoms with Gasteiger partial charge in [0.15, 0.2) is 0 Å². The fourth-order valence-electron chi connectivity index (χ4n) is 3.74. The quantitative estimate of drug-likeness (QED) is 0.710. The highest BCUT2D eigenvalue weighted by molar-refractivity contribution is 5.01. The first-order valence-electron chi connectivity index (χ1n) is 7.20. The molecule has 1 spiro atoms. The Hall–Kier alpha value is -0.630. The van der Waals surface area contributed by atoms with Crippen LogP contribution in [-0.4, -0.2) is 49.0 Å². The van der Waals surface area contributed by atoms with Gasteiger partial charge in [-0.3, -0.25) is 4.90 Å². The summed E-state index contributed by atoms with van der Waals surface area (Å²) in [4.78, 5) is 2.43. The Morgan fingerprint density at radius 2 is 2.00 bits per heavy atom. The summed E-state index contributed by atoms with van der Waals surface area (Å²) in [6, 6.07) is 3.15. The fraction of sp³-hybridized carbons (Fsp3) is 0.929. The maximum Gasteiger partial charge on any atom is 0.0980 e. The van der Waals surface area contributed by atoms with Crippen molar-refractivity contribution in [1.82, 2.24) is 4.90 Å². The molecule has 100 valence electrons. The lowest BCUT2D eigenvalue weighted by Crippen LogP contribution is -2.52. The van der Waals surface area contributed by atoms with Gasteiger partial charge >= 0.3 is 0 Å². The van der Waals surface area contributed by atoms with Crippen molar-refractivity contribution in [3.8, 4) is 6.07 Å². The zero-order valence-electron chi connectivity index (χ0n) is 10.9. The van der Waals surface area contributed by atoms with E-state index in [0.29, 0.717) is 6.04 Å². The lowest BCUT2D eigenvalue weighted by molar-refractivity contribution is -0.151. The van der Waals surface area contributed by atoms with E-state index in [0.717, 1.165) is 58.5 Å². The zero-order chi connectivity index (χ0) is 12.4. The summed E-state index contributed by atoms with van der Waals surface area (Å²) in [6.45, 7) is 3.59. The van der Waals surface area contributed by atoms with Crippen molar-refractivity contribution in [2.45, 2.75) is 56.2 Å². The Bertz CT molecular complexity index is 328. The highest BCUT2D eigenvalue weighted by atomic mass is 16.5. The van der Waals surface area contributed by atoms with Crippen molar-refractivity contribution >= 4 is 0 Å². The molecule has 0 saturated carbocycles. The van der Waals surface area contributed by atoms with Crippen molar-refractivity contribution in [2.75, 3.05) is 26.4 Å². The van der Waals surface area contributed by atoms with Crippen LogP contribution in [0, 0.1) is 11.3 Å². The summed E-state index contributed by atoms with van der Waals surface area (Å²) in [6.07, 6.45) is 6.44. The minimum Gasteiger partial charge on any atom is -0.381 e. The second-order valence-electron chi connectivity index (χ2n) is 5.82. The number of nitriles is 1. The van der Waals surface area contributed by atoms with E-state index in [1.165, 1.54) is 6.42 Å². The molecule has 3 aliphatic heterocycles. The van der Waals surface area contributed by atoms with Gasteiger partial charge in [0, 0.05) is 25.9 Å². The third-order valence-corrected chi connectivity index (χ3v) is 4.78. The van der Waals surface area contributed by atoms with E-state index in [1.807, 2.05) is 0 Å². The molecule has 0 amide bonds. The van der Waals surface area contributed by atoms with Gasteiger partial charge in [-0.2, -0.15) is 5.26 Å². The average molecular weight is 250 g/mol. The second kappa shape index (κ2) is 5.16. The van der Waals surface area contributed by atoms with Crippen molar-refractivity contribution in [1.29, 1.82) is 5.26 Å². The van der Waals surface area contributed by atoms with E-state index in [1.54, 1.807) is 0 Å². The number of nitrogens with zero attached hydrogens (tertiary/aromatic N) is 2. The number of ether oxygens (including phenoxy) is 2. The Morgan fingerprint density at radius 1 is 1.17 bits per heavy atom. The van der Waals surface area contributed by atoms with Crippen molar-refractivity contribution in [3.63, 3.8) is 0 Å². The zero-order valence-corrected chi connectivity index (χ0v) is 10.9. The predicted octanol–water partition coefficient (Wildman–Crippen LogP) is 1.70. The third-order valence-electron chi connectivity index (χ3n) is 4.78. The largest absolute Gasteiger partial charge is 0.381 e. The number of rotatable bonds is 1. The summed E-state index contributed by atoms with van der Waals surface area (Å²) < 4.78 is 11.5. The topological polar surface area (TPSA) is 45.5 Å². The molecule has 3 rings (SSSR count). The summed E-state index contributed by atoms with van der Waals surface area (Å²) in [5, 5.41) is 9.23. The minimum atomic E-state index is 0.0454. The molecule has 0 bridgehead atoms. The molecule has 4 nitrogen and oxygen atoms in total. The van der Waals surface area contributed by atoms with E-state index < -0.39 is 0 Å². The molecule has 0 N–H and O–H groups in total. The van der Waals surface area contributed by atoms with Gasteiger partial charge in [-0.1, -0.05) is 0 Å². The number of hydrogen-bond acceptors (Lipinski definition) is 4. The molecule has 2 unspecified atom stereocenters. The third kappa shape index (κ3) is 2.27. The van der Waals surface area contributed by atoms with Crippen LogP contribution in [0.4, 0.5) is 0 Å². The van der Waals surface area contributed by atoms with Crippen LogP contribution < -0.4 is 0 Å². The van der Waals surface area contributed by atoms with E-state index in [4.69, 9.17) is 9.47 Å². The van der Waals surface area contributed by atoms with E-state index in [9.17, 15) is 5.26 Å². The highest BCUT2D eigenvalue weighted by Gasteiger charge is 2.42. The summed E-state index contributed by atoms with van der Waals surface area (Å²) in [7, 11) is 0. The Kier molecular flexibility index (Phi) is 3.56. The van der Waals surface area contributed by atoms with E-state index in [2.05, 4.69) is 11.0 Å². The Morgan fingerprint density at radius 3 is 2.78 bits per heavy atom. The van der Waals surface area contributed by atoms with E-state index in [-0.39, 0.29) is 11.6 Å². The highest BCUT2D eigenvalue weighted by Crippen LogP contribution is 2.37. The first kappa shape index (κ1) is 12.4. The maximum absolute atomic E-state index is 9.23. The van der Waals surface area contributed by atoms with Crippen LogP contribution in [-0.2, 0) is 9.47 Å². The van der Waals surface area contributed by atoms with Crippen LogP contribution >= 0.6 is 0 Å². The van der Waals surface area contributed by atoms with Gasteiger partial charge in [0.2, 0.25) is 0 Å². The monoisotopic (exact) mass is 250 g/mol. The van der Waals surface area contributed by atoms with Crippen LogP contribution in [0.2, 0.25) is 0 Å². The van der Waals surface area contributed by atoms with Gasteiger partial charge in [0.1, 0.15) is 0 Å². The van der Waals surface area contributed by atoms with E-state index >= 15 is 0 Å². The minimum absolute atomic E-state index is 0.0454. The van der Waals surface area contributed by atoms with Crippen LogP contribution in [0.3, 0.4) is 0 Å². The van der Waals surface area contributed by atoms with Gasteiger partial charge in [-0.25, -0.2) is 0 Å². The molecule has 2 atom stereocenters. The molecular formula is C14H22N2O2. The smallest absolute Gasteiger partial charge is 0.0980 e. The molecule has 3 aliphatic rings. The summed E-state index contributed by atoms with van der Waals surface area (Å²) in [5.41, 5.74) is 0.0454. The predicted molar refractivity (Wildman–Crippen MR) is 67.1 cm³/mol. The van der Waals surface area contributed by atoms with Gasteiger partial charge in [-0.15, -0.1) is 0 Å². The summed E-state index contributed by atoms with van der Waals surface area (Å²) >= 11 is 0. The molecule has 0 aliphatic carbocycles. The van der Waals surface area contributed by atoms with Gasteiger partial charge in [0.05, 0.1) is 17.7 Å². The molecule has 4 heteroatoms. The average Bonchev–Trinajstić information content (AvgIpc) is 2.88. The second-order valence-corrected chi connectivity index (χ2v) is 5.82. The molecule has 3 fully saturated rings. The normalized spacial score (nSPS) is 36.6. The van der Waals surface area contributed by atoms with Gasteiger partial charge in [-0.05, 0) is 45.1 Å². The van der Waals surface area contributed by atoms with Crippen LogP contribution in [0.15, 0.2) is 0 Å². The molecule has 0 aromatic heterocycles. The Labute approximate surface area is 109 Å². The van der Waals surface area contributed by atoms with Crippen LogP contribution in [0.1, 0.15) is 38.5 Å². The van der Waals surface area contributed by atoms with Crippen LogP contribution in [0.25, 0.3) is 0 Å². The number of likely N-dealkylation sites (tertiary alicyclic amines) is 1. The Balaban J connectivity index is 1.68. The van der Waals surface area contributed by atoms with Crippen LogP contribution in [0.5, 0.6) is 0 Å². The lowest BCUT2D eigenvalue weighted by atomic mass is 9.83. The van der Waals surface area contributed by atoms with Gasteiger partial charge < -0.3 is 9.47 Å². The first-order valence-corrected chi connectivity index (χ1v) is 7.20. The lowest BCUT2D eigenvalue weighted by Gasteiger charge is -2.46. The molecule has 3 saturated heterocycles. The molecule has 0 aromatic carbocycles. The number of hydrogen-bond donors (Lipinski definition) is 0. The first-order chi connectivity index (χ1) is 8.83. The van der Waals surface area contributed by atoms with Crippen molar-refractivity contribution in [3.05, 3.63) is 0 Å². The maximum atomic E-state index is 9.23. The summed E-state index contributed by atoms with van der Waals surface area (Å²) in [5.74, 6) is 0. The van der Waals surface area contributed by atoms with Crippen molar-refractivity contribution < 1.29 is 9.47 Å². The molecule has 0 radical (unpaired) electrons. The fourth-order valence-corrected chi connectivity index (χ4v) is 3.74. The standard InChI is InChI=1S/C14H22N2O2/c15-11-13-2-1-6-16(13)12-3-7-18-14(10-12)4-8-17-9-5-14/h12-13H,1-10H2. The SMILES string of the molecule is N#CC1CCCN1C1CCOC2(CCOCC2)C1. The van der Waals surface area contributed by atoms with Gasteiger partial charge in [0.25, 0.3) is 0 Å². The molecule has 3 heterocycles. The molecule has 18 heavy (non-hydrogen) atoms. The molecular weight excluding hydrogens is 228 g/mol.